The van der Waals surface area contributed by atoms with E-state index < -0.39 is 0 Å². The van der Waals surface area contributed by atoms with Crippen LogP contribution in [0.15, 0.2) is 36.7 Å². The number of ether oxygens (including phenoxy) is 1. The molecule has 0 unspecified atom stereocenters. The van der Waals surface area contributed by atoms with E-state index in [1.165, 1.54) is 5.56 Å². The van der Waals surface area contributed by atoms with Gasteiger partial charge in [-0.3, -0.25) is 9.47 Å². The van der Waals surface area contributed by atoms with Gasteiger partial charge in [0.1, 0.15) is 5.82 Å². The topological polar surface area (TPSA) is 72.2 Å². The molecule has 0 spiro atoms. The molecule has 0 N–H and O–H groups in total. The molecule has 6 rings (SSSR count). The molecule has 9 heteroatoms. The largest absolute Gasteiger partial charge is 0.380 e. The van der Waals surface area contributed by atoms with Crippen molar-refractivity contribution in [3.05, 3.63) is 58.9 Å². The van der Waals surface area contributed by atoms with Crippen molar-refractivity contribution in [1.82, 2.24) is 29.6 Å². The smallest absolute Gasteiger partial charge is 0.225 e. The lowest BCUT2D eigenvalue weighted by molar-refractivity contribution is 0.133. The highest BCUT2D eigenvalue weighted by atomic mass is 35.5. The summed E-state index contributed by atoms with van der Waals surface area (Å²) in [7, 11) is 0. The van der Waals surface area contributed by atoms with E-state index >= 15 is 0 Å². The summed E-state index contributed by atoms with van der Waals surface area (Å²) in [6.07, 6.45) is 6.65. The Kier molecular flexibility index (Phi) is 5.29. The summed E-state index contributed by atoms with van der Waals surface area (Å²) in [5.41, 5.74) is 2.37. The van der Waals surface area contributed by atoms with E-state index in [0.717, 1.165) is 87.0 Å². The zero-order valence-corrected chi connectivity index (χ0v) is 18.7. The van der Waals surface area contributed by atoms with Crippen LogP contribution in [0.5, 0.6) is 0 Å². The maximum atomic E-state index is 6.40. The molecule has 3 aromatic rings. The molecule has 0 aliphatic carbocycles. The number of aromatic nitrogens is 5. The fraction of sp³-hybridized carbons (Fsp3) is 0.478. The number of hydrogen-bond donors (Lipinski definition) is 0. The first-order valence-electron chi connectivity index (χ1n) is 11.3. The first-order chi connectivity index (χ1) is 15.8. The van der Waals surface area contributed by atoms with Crippen LogP contribution in [0.4, 0.5) is 5.95 Å². The quantitative estimate of drug-likeness (QED) is 0.605. The van der Waals surface area contributed by atoms with E-state index in [1.807, 2.05) is 12.1 Å². The Balaban J connectivity index is 1.31. The van der Waals surface area contributed by atoms with Gasteiger partial charge in [-0.1, -0.05) is 11.6 Å². The van der Waals surface area contributed by atoms with Crippen LogP contribution in [0.3, 0.4) is 0 Å². The van der Waals surface area contributed by atoms with Crippen LogP contribution in [-0.4, -0.2) is 62.0 Å². The van der Waals surface area contributed by atoms with Crippen LogP contribution in [0, 0.1) is 0 Å². The minimum absolute atomic E-state index is 0.348. The molecule has 3 aliphatic heterocycles. The van der Waals surface area contributed by atoms with Crippen molar-refractivity contribution in [2.24, 2.45) is 0 Å². The normalized spacial score (nSPS) is 21.9. The summed E-state index contributed by atoms with van der Waals surface area (Å²) in [4.78, 5) is 13.5. The van der Waals surface area contributed by atoms with E-state index in [9.17, 15) is 0 Å². The number of fused-ring (bicyclic) bond motifs is 3. The molecule has 2 aromatic heterocycles. The van der Waals surface area contributed by atoms with Gasteiger partial charge < -0.3 is 9.64 Å². The summed E-state index contributed by atoms with van der Waals surface area (Å²) < 4.78 is 7.96. The van der Waals surface area contributed by atoms with Gasteiger partial charge in [-0.2, -0.15) is 0 Å². The van der Waals surface area contributed by atoms with Crippen LogP contribution in [-0.2, 0) is 17.8 Å². The minimum Gasteiger partial charge on any atom is -0.380 e. The Labute approximate surface area is 192 Å². The molecule has 32 heavy (non-hydrogen) atoms. The highest BCUT2D eigenvalue weighted by Crippen LogP contribution is 2.35. The summed E-state index contributed by atoms with van der Waals surface area (Å²) in [6.45, 7) is 5.04. The number of piperidine rings is 1. The molecule has 3 aliphatic rings. The van der Waals surface area contributed by atoms with Crippen molar-refractivity contribution in [3.63, 3.8) is 0 Å². The first-order valence-corrected chi connectivity index (χ1v) is 11.7. The van der Waals surface area contributed by atoms with Gasteiger partial charge in [-0.05, 0) is 49.1 Å². The van der Waals surface area contributed by atoms with Crippen LogP contribution < -0.4 is 4.90 Å². The van der Waals surface area contributed by atoms with E-state index in [0.29, 0.717) is 12.0 Å². The number of halogens is 1. The molecule has 0 radical (unpaired) electrons. The SMILES string of the molecule is Clc1ccc2c(c1)CN([C@@H]1CCOC1)Cc1nnc(C3CCN(c4ncccn4)CC3)n1-2. The molecular weight excluding hydrogens is 426 g/mol. The molecule has 1 atom stereocenters. The average molecular weight is 452 g/mol. The van der Waals surface area contributed by atoms with E-state index in [-0.39, 0.29) is 0 Å². The second-order valence-electron chi connectivity index (χ2n) is 8.82. The molecule has 0 saturated carbocycles. The fourth-order valence-electron chi connectivity index (χ4n) is 5.18. The maximum absolute atomic E-state index is 6.40. The Morgan fingerprint density at radius 3 is 2.62 bits per heavy atom. The summed E-state index contributed by atoms with van der Waals surface area (Å²) >= 11 is 6.40. The summed E-state index contributed by atoms with van der Waals surface area (Å²) in [5, 5.41) is 10.2. The molecule has 1 aromatic carbocycles. The van der Waals surface area contributed by atoms with Gasteiger partial charge in [0, 0.05) is 55.6 Å². The number of rotatable bonds is 3. The molecule has 0 amide bonds. The molecule has 5 heterocycles. The van der Waals surface area contributed by atoms with Gasteiger partial charge >= 0.3 is 0 Å². The molecule has 0 bridgehead atoms. The van der Waals surface area contributed by atoms with Crippen LogP contribution in [0.2, 0.25) is 5.02 Å². The van der Waals surface area contributed by atoms with Gasteiger partial charge in [0.15, 0.2) is 5.82 Å². The predicted molar refractivity (Wildman–Crippen MR) is 121 cm³/mol. The highest BCUT2D eigenvalue weighted by Gasteiger charge is 2.33. The number of nitrogens with zero attached hydrogens (tertiary/aromatic N) is 7. The maximum Gasteiger partial charge on any atom is 0.225 e. The van der Waals surface area contributed by atoms with Crippen LogP contribution in [0.25, 0.3) is 5.69 Å². The van der Waals surface area contributed by atoms with Gasteiger partial charge in [-0.25, -0.2) is 9.97 Å². The lowest BCUT2D eigenvalue weighted by Crippen LogP contribution is -2.35. The fourth-order valence-corrected chi connectivity index (χ4v) is 5.37. The molecule has 8 nitrogen and oxygen atoms in total. The first kappa shape index (κ1) is 20.1. The second-order valence-corrected chi connectivity index (χ2v) is 9.25. The number of anilines is 1. The molecule has 2 fully saturated rings. The van der Waals surface area contributed by atoms with E-state index in [4.69, 9.17) is 21.4 Å². The minimum atomic E-state index is 0.348. The van der Waals surface area contributed by atoms with Crippen LogP contribution in [0.1, 0.15) is 42.4 Å². The summed E-state index contributed by atoms with van der Waals surface area (Å²) in [6, 6.07) is 8.44. The number of benzene rings is 1. The average Bonchev–Trinajstić information content (AvgIpc) is 3.48. The Morgan fingerprint density at radius 2 is 1.84 bits per heavy atom. The Bertz CT molecular complexity index is 1090. The summed E-state index contributed by atoms with van der Waals surface area (Å²) in [5.74, 6) is 3.21. The number of hydrogen-bond acceptors (Lipinski definition) is 7. The highest BCUT2D eigenvalue weighted by molar-refractivity contribution is 6.30. The van der Waals surface area contributed by atoms with E-state index in [1.54, 1.807) is 12.4 Å². The van der Waals surface area contributed by atoms with Crippen molar-refractivity contribution in [2.45, 2.75) is 44.3 Å². The van der Waals surface area contributed by atoms with Crippen molar-refractivity contribution < 1.29 is 4.74 Å². The van der Waals surface area contributed by atoms with Crippen molar-refractivity contribution >= 4 is 17.5 Å². The van der Waals surface area contributed by atoms with Gasteiger partial charge in [0.25, 0.3) is 0 Å². The lowest BCUT2D eigenvalue weighted by atomic mass is 9.95. The molecular formula is C23H26ClN7O. The molecule has 2 saturated heterocycles. The van der Waals surface area contributed by atoms with Crippen molar-refractivity contribution in [3.8, 4) is 5.69 Å². The predicted octanol–water partition coefficient (Wildman–Crippen LogP) is 3.20. The van der Waals surface area contributed by atoms with Crippen LogP contribution >= 0.6 is 11.6 Å². The zero-order valence-electron chi connectivity index (χ0n) is 17.9. The van der Waals surface area contributed by atoms with Gasteiger partial charge in [0.05, 0.1) is 18.8 Å². The van der Waals surface area contributed by atoms with Gasteiger partial charge in [-0.15, -0.1) is 10.2 Å². The monoisotopic (exact) mass is 451 g/mol. The van der Waals surface area contributed by atoms with Gasteiger partial charge in [0.2, 0.25) is 5.95 Å². The third-order valence-corrected chi connectivity index (χ3v) is 7.11. The zero-order chi connectivity index (χ0) is 21.5. The Morgan fingerprint density at radius 1 is 1.00 bits per heavy atom. The molecule has 166 valence electrons. The Hall–Kier alpha value is -2.55. The second kappa shape index (κ2) is 8.42. The standard InChI is InChI=1S/C23H26ClN7O/c24-18-2-3-20-17(12-18)13-30(19-6-11-32-15-19)14-21-27-28-22(31(20)21)16-4-9-29(10-5-16)23-25-7-1-8-26-23/h1-3,7-8,12,16,19H,4-6,9-11,13-15H2/t19-/m1/s1. The van der Waals surface area contributed by atoms with E-state index in [2.05, 4.69) is 41.6 Å². The lowest BCUT2D eigenvalue weighted by Gasteiger charge is -2.31. The van der Waals surface area contributed by atoms with Crippen molar-refractivity contribution in [1.29, 1.82) is 0 Å². The van der Waals surface area contributed by atoms with Crippen molar-refractivity contribution in [2.75, 3.05) is 31.2 Å². The third kappa shape index (κ3) is 3.66. The third-order valence-electron chi connectivity index (χ3n) is 6.87.